The molecule has 0 aliphatic carbocycles. The van der Waals surface area contributed by atoms with Gasteiger partial charge in [-0.1, -0.05) is 11.6 Å². The SMILES string of the molecule is CCOC(=O)c1c(C)c(C(=O)C(=O)N[C@H](C)C(F)(F)F)n(C)c1Cl. The third kappa shape index (κ3) is 3.89. The van der Waals surface area contributed by atoms with Gasteiger partial charge >= 0.3 is 12.1 Å². The van der Waals surface area contributed by atoms with Crippen molar-refractivity contribution >= 4 is 29.3 Å². The van der Waals surface area contributed by atoms with Crippen molar-refractivity contribution in [3.05, 3.63) is 22.0 Å². The second-order valence-electron chi connectivity index (χ2n) is 4.98. The number of rotatable bonds is 5. The lowest BCUT2D eigenvalue weighted by Crippen LogP contribution is -2.46. The van der Waals surface area contributed by atoms with Gasteiger partial charge in [-0.05, 0) is 26.3 Å². The fourth-order valence-corrected chi connectivity index (χ4v) is 2.31. The Balaban J connectivity index is 3.19. The van der Waals surface area contributed by atoms with Gasteiger partial charge in [0.1, 0.15) is 16.8 Å². The summed E-state index contributed by atoms with van der Waals surface area (Å²) in [6.45, 7) is 3.70. The van der Waals surface area contributed by atoms with E-state index in [1.165, 1.54) is 14.0 Å². The maximum Gasteiger partial charge on any atom is 0.408 e. The molecule has 10 heteroatoms. The highest BCUT2D eigenvalue weighted by molar-refractivity contribution is 6.44. The minimum Gasteiger partial charge on any atom is -0.462 e. The number of ether oxygens (including phenoxy) is 1. The van der Waals surface area contributed by atoms with Gasteiger partial charge in [0.05, 0.1) is 12.3 Å². The molecule has 0 bridgehead atoms. The minimum absolute atomic E-state index is 0.0563. The fourth-order valence-electron chi connectivity index (χ4n) is 2.01. The standard InChI is InChI=1S/C14H16ClF3N2O4/c1-5-24-13(23)8-6(2)9(20(4)11(8)15)10(21)12(22)19-7(3)14(16,17)18/h7H,5H2,1-4H3,(H,19,22)/t7-/m1/s1. The molecule has 1 aromatic rings. The van der Waals surface area contributed by atoms with Gasteiger partial charge < -0.3 is 14.6 Å². The van der Waals surface area contributed by atoms with Gasteiger partial charge in [0.15, 0.2) is 0 Å². The molecule has 0 aromatic carbocycles. The molecule has 134 valence electrons. The van der Waals surface area contributed by atoms with Gasteiger partial charge in [-0.2, -0.15) is 13.2 Å². The van der Waals surface area contributed by atoms with Gasteiger partial charge in [-0.15, -0.1) is 0 Å². The van der Waals surface area contributed by atoms with Crippen molar-refractivity contribution in [1.29, 1.82) is 0 Å². The molecule has 0 radical (unpaired) electrons. The van der Waals surface area contributed by atoms with E-state index in [2.05, 4.69) is 0 Å². The van der Waals surface area contributed by atoms with Crippen molar-refractivity contribution in [2.75, 3.05) is 6.61 Å². The van der Waals surface area contributed by atoms with Gasteiger partial charge in [0.25, 0.3) is 11.7 Å². The highest BCUT2D eigenvalue weighted by Gasteiger charge is 2.39. The summed E-state index contributed by atoms with van der Waals surface area (Å²) in [6, 6.07) is -2.20. The van der Waals surface area contributed by atoms with Crippen LogP contribution < -0.4 is 5.32 Å². The molecule has 1 heterocycles. The second kappa shape index (κ2) is 7.25. The molecule has 0 saturated carbocycles. The minimum atomic E-state index is -4.69. The maximum atomic E-state index is 12.5. The van der Waals surface area contributed by atoms with Crippen LogP contribution in [0.4, 0.5) is 13.2 Å². The lowest BCUT2D eigenvalue weighted by atomic mass is 10.1. The van der Waals surface area contributed by atoms with Gasteiger partial charge in [-0.25, -0.2) is 4.79 Å². The zero-order chi connectivity index (χ0) is 18.8. The van der Waals surface area contributed by atoms with Crippen molar-refractivity contribution in [3.8, 4) is 0 Å². The number of amides is 1. The zero-order valence-electron chi connectivity index (χ0n) is 13.4. The maximum absolute atomic E-state index is 12.5. The van der Waals surface area contributed by atoms with Crippen molar-refractivity contribution in [2.24, 2.45) is 7.05 Å². The number of aromatic nitrogens is 1. The van der Waals surface area contributed by atoms with Crippen LogP contribution in [-0.2, 0) is 16.6 Å². The Morgan fingerprint density at radius 1 is 1.33 bits per heavy atom. The van der Waals surface area contributed by atoms with E-state index in [1.54, 1.807) is 12.2 Å². The molecule has 0 unspecified atom stereocenters. The number of hydrogen-bond donors (Lipinski definition) is 1. The number of nitrogens with one attached hydrogen (secondary N) is 1. The zero-order valence-corrected chi connectivity index (χ0v) is 14.1. The first-order valence-electron chi connectivity index (χ1n) is 6.87. The van der Waals surface area contributed by atoms with E-state index in [1.807, 2.05) is 0 Å². The average Bonchev–Trinajstić information content (AvgIpc) is 2.67. The van der Waals surface area contributed by atoms with Crippen molar-refractivity contribution < 1.29 is 32.3 Å². The summed E-state index contributed by atoms with van der Waals surface area (Å²) in [7, 11) is 1.31. The van der Waals surface area contributed by atoms with Crippen LogP contribution in [0.3, 0.4) is 0 Å². The van der Waals surface area contributed by atoms with E-state index in [0.717, 1.165) is 4.57 Å². The number of nitrogens with zero attached hydrogens (tertiary/aromatic N) is 1. The predicted octanol–water partition coefficient (Wildman–Crippen LogP) is 2.41. The molecule has 6 nitrogen and oxygen atoms in total. The average molecular weight is 369 g/mol. The first-order valence-corrected chi connectivity index (χ1v) is 7.25. The molecule has 24 heavy (non-hydrogen) atoms. The molecule has 0 saturated heterocycles. The molecular formula is C14H16ClF3N2O4. The third-order valence-electron chi connectivity index (χ3n) is 3.31. The number of ketones is 1. The van der Waals surface area contributed by atoms with Crippen LogP contribution in [0.5, 0.6) is 0 Å². The van der Waals surface area contributed by atoms with Crippen LogP contribution in [0.2, 0.25) is 5.15 Å². The molecule has 0 aliphatic heterocycles. The molecular weight excluding hydrogens is 353 g/mol. The number of hydrogen-bond acceptors (Lipinski definition) is 4. The molecule has 0 aliphatic rings. The Bertz CT molecular complexity index is 683. The Morgan fingerprint density at radius 3 is 2.33 bits per heavy atom. The van der Waals surface area contributed by atoms with Crippen molar-refractivity contribution in [3.63, 3.8) is 0 Å². The molecule has 1 aromatic heterocycles. The highest BCUT2D eigenvalue weighted by Crippen LogP contribution is 2.27. The van der Waals surface area contributed by atoms with Crippen LogP contribution >= 0.6 is 11.6 Å². The molecule has 1 atom stereocenters. The van der Waals surface area contributed by atoms with Crippen LogP contribution in [0.15, 0.2) is 0 Å². The highest BCUT2D eigenvalue weighted by atomic mass is 35.5. The predicted molar refractivity (Wildman–Crippen MR) is 79.1 cm³/mol. The quantitative estimate of drug-likeness (QED) is 0.492. The summed E-state index contributed by atoms with van der Waals surface area (Å²) in [5.74, 6) is -3.47. The Morgan fingerprint density at radius 2 is 1.88 bits per heavy atom. The third-order valence-corrected chi connectivity index (χ3v) is 3.75. The Hall–Kier alpha value is -2.03. The molecule has 1 amide bonds. The van der Waals surface area contributed by atoms with E-state index in [4.69, 9.17) is 16.3 Å². The summed E-state index contributed by atoms with van der Waals surface area (Å²) < 4.78 is 43.3. The van der Waals surface area contributed by atoms with Gasteiger partial charge in [0.2, 0.25) is 0 Å². The number of alkyl halides is 3. The first kappa shape index (κ1) is 20.0. The lowest BCUT2D eigenvalue weighted by molar-refractivity contribution is -0.156. The number of carbonyl (C=O) groups excluding carboxylic acids is 3. The number of carbonyl (C=O) groups is 3. The van der Waals surface area contributed by atoms with E-state index in [9.17, 15) is 27.6 Å². The topological polar surface area (TPSA) is 77.4 Å². The van der Waals surface area contributed by atoms with Crippen LogP contribution in [0, 0.1) is 6.92 Å². The smallest absolute Gasteiger partial charge is 0.408 e. The van der Waals surface area contributed by atoms with Crippen molar-refractivity contribution in [2.45, 2.75) is 33.0 Å². The fraction of sp³-hybridized carbons (Fsp3) is 0.500. The lowest BCUT2D eigenvalue weighted by Gasteiger charge is -2.16. The Labute approximate surface area is 140 Å². The number of halogens is 4. The number of Topliss-reactive ketones (excluding diaryl/α,β-unsaturated/α-hetero) is 1. The van der Waals surface area contributed by atoms with E-state index in [-0.39, 0.29) is 28.6 Å². The van der Waals surface area contributed by atoms with E-state index >= 15 is 0 Å². The van der Waals surface area contributed by atoms with Crippen LogP contribution in [0.1, 0.15) is 40.3 Å². The second-order valence-corrected chi connectivity index (χ2v) is 5.34. The largest absolute Gasteiger partial charge is 0.462 e. The summed E-state index contributed by atoms with van der Waals surface area (Å²) in [6.07, 6.45) is -4.69. The van der Waals surface area contributed by atoms with Gasteiger partial charge in [0, 0.05) is 7.05 Å². The van der Waals surface area contributed by atoms with Gasteiger partial charge in [-0.3, -0.25) is 9.59 Å². The first-order chi connectivity index (χ1) is 10.9. The van der Waals surface area contributed by atoms with E-state index in [0.29, 0.717) is 6.92 Å². The Kier molecular flexibility index (Phi) is 6.04. The van der Waals surface area contributed by atoms with Crippen molar-refractivity contribution in [1.82, 2.24) is 9.88 Å². The molecule has 1 N–H and O–H groups in total. The summed E-state index contributed by atoms with van der Waals surface area (Å²) in [4.78, 5) is 35.8. The molecule has 0 spiro atoms. The number of esters is 1. The molecule has 1 rings (SSSR count). The summed E-state index contributed by atoms with van der Waals surface area (Å²) in [5, 5.41) is 1.42. The normalized spacial score (nSPS) is 12.7. The summed E-state index contributed by atoms with van der Waals surface area (Å²) in [5.41, 5.74) is -0.336. The monoisotopic (exact) mass is 368 g/mol. The summed E-state index contributed by atoms with van der Waals surface area (Å²) >= 11 is 5.98. The van der Waals surface area contributed by atoms with E-state index < -0.39 is 29.9 Å². The molecule has 0 fully saturated rings. The van der Waals surface area contributed by atoms with Crippen LogP contribution in [-0.4, -0.2) is 41.1 Å². The van der Waals surface area contributed by atoms with Crippen LogP contribution in [0.25, 0.3) is 0 Å².